The summed E-state index contributed by atoms with van der Waals surface area (Å²) in [5.41, 5.74) is 0. The summed E-state index contributed by atoms with van der Waals surface area (Å²) in [5, 5.41) is -0.238. The van der Waals surface area contributed by atoms with Gasteiger partial charge in [-0.25, -0.2) is 8.42 Å². The lowest BCUT2D eigenvalue weighted by atomic mass is 9.89. The first-order valence-electron chi connectivity index (χ1n) is 4.51. The van der Waals surface area contributed by atoms with Crippen LogP contribution in [0.25, 0.3) is 0 Å². The molecular weight excluding hydrogens is 196 g/mol. The lowest BCUT2D eigenvalue weighted by molar-refractivity contribution is 0.360. The van der Waals surface area contributed by atoms with Crippen LogP contribution in [-0.4, -0.2) is 13.7 Å². The van der Waals surface area contributed by atoms with Crippen molar-refractivity contribution in [1.82, 2.24) is 0 Å². The van der Waals surface area contributed by atoms with Crippen molar-refractivity contribution in [3.05, 3.63) is 0 Å². The van der Waals surface area contributed by atoms with Gasteiger partial charge < -0.3 is 0 Å². The summed E-state index contributed by atoms with van der Waals surface area (Å²) >= 11 is 0. The minimum atomic E-state index is -3.29. The normalized spacial score (nSPS) is 41.6. The maximum Gasteiger partial charge on any atom is 0.235 e. The van der Waals surface area contributed by atoms with E-state index in [-0.39, 0.29) is 5.25 Å². The smallest absolute Gasteiger partial charge is 0.212 e. The van der Waals surface area contributed by atoms with Crippen LogP contribution >= 0.6 is 10.7 Å². The van der Waals surface area contributed by atoms with Crippen molar-refractivity contribution in [2.75, 3.05) is 0 Å². The average Bonchev–Trinajstić information content (AvgIpc) is 2.30. The van der Waals surface area contributed by atoms with Gasteiger partial charge in [-0.05, 0) is 37.5 Å². The maximum absolute atomic E-state index is 11.1. The fourth-order valence-electron chi connectivity index (χ4n) is 2.72. The topological polar surface area (TPSA) is 34.1 Å². The van der Waals surface area contributed by atoms with Gasteiger partial charge in [0.05, 0.1) is 5.25 Å². The molecule has 2 nitrogen and oxygen atoms in total. The van der Waals surface area contributed by atoms with Gasteiger partial charge >= 0.3 is 0 Å². The monoisotopic (exact) mass is 208 g/mol. The SMILES string of the molecule is O=S(=O)(Cl)[C@@H]1CC[C@H]2CC[C@@H]1C2. The first kappa shape index (κ1) is 8.82. The lowest BCUT2D eigenvalue weighted by Crippen LogP contribution is -2.28. The summed E-state index contributed by atoms with van der Waals surface area (Å²) in [6.07, 6.45) is 5.24. The van der Waals surface area contributed by atoms with E-state index in [0.29, 0.717) is 5.92 Å². The van der Waals surface area contributed by atoms with Gasteiger partial charge in [-0.1, -0.05) is 6.42 Å². The molecule has 2 bridgehead atoms. The van der Waals surface area contributed by atoms with Crippen LogP contribution in [0.15, 0.2) is 0 Å². The second kappa shape index (κ2) is 2.88. The van der Waals surface area contributed by atoms with E-state index in [1.54, 1.807) is 0 Å². The average molecular weight is 209 g/mol. The largest absolute Gasteiger partial charge is 0.235 e. The Kier molecular flexibility index (Phi) is 2.11. The molecular formula is C8H13ClO2S. The van der Waals surface area contributed by atoms with Crippen LogP contribution in [0, 0.1) is 11.8 Å². The summed E-state index contributed by atoms with van der Waals surface area (Å²) in [6, 6.07) is 0. The molecule has 0 N–H and O–H groups in total. The molecule has 0 saturated heterocycles. The summed E-state index contributed by atoms with van der Waals surface area (Å²) in [7, 11) is 2.09. The van der Waals surface area contributed by atoms with Gasteiger partial charge in [0.1, 0.15) is 0 Å². The van der Waals surface area contributed by atoms with Gasteiger partial charge in [0.25, 0.3) is 0 Å². The molecule has 12 heavy (non-hydrogen) atoms. The van der Waals surface area contributed by atoms with Crippen molar-refractivity contribution in [3.63, 3.8) is 0 Å². The van der Waals surface area contributed by atoms with Gasteiger partial charge in [-0.3, -0.25) is 0 Å². The van der Waals surface area contributed by atoms with E-state index in [1.165, 1.54) is 6.42 Å². The maximum atomic E-state index is 11.1. The third kappa shape index (κ3) is 1.49. The fraction of sp³-hybridized carbons (Fsp3) is 1.00. The van der Waals surface area contributed by atoms with Crippen LogP contribution < -0.4 is 0 Å². The molecule has 70 valence electrons. The van der Waals surface area contributed by atoms with Gasteiger partial charge in [0.2, 0.25) is 9.05 Å². The predicted molar refractivity (Wildman–Crippen MR) is 48.6 cm³/mol. The van der Waals surface area contributed by atoms with E-state index in [9.17, 15) is 8.42 Å². The molecule has 0 aromatic heterocycles. The van der Waals surface area contributed by atoms with Crippen molar-refractivity contribution < 1.29 is 8.42 Å². The number of rotatable bonds is 1. The highest BCUT2D eigenvalue weighted by atomic mass is 35.7. The Morgan fingerprint density at radius 3 is 2.42 bits per heavy atom. The second-order valence-corrected chi connectivity index (χ2v) is 6.88. The van der Waals surface area contributed by atoms with Crippen LogP contribution in [0.1, 0.15) is 32.1 Å². The highest BCUT2D eigenvalue weighted by molar-refractivity contribution is 8.14. The van der Waals surface area contributed by atoms with Gasteiger partial charge in [-0.2, -0.15) is 0 Å². The lowest BCUT2D eigenvalue weighted by Gasteiger charge is -2.25. The first-order valence-corrected chi connectivity index (χ1v) is 6.88. The molecule has 0 amide bonds. The summed E-state index contributed by atoms with van der Waals surface area (Å²) in [5.74, 6) is 1.16. The Bertz CT molecular complexity index is 273. The molecule has 0 radical (unpaired) electrons. The van der Waals surface area contributed by atoms with Gasteiger partial charge in [0, 0.05) is 10.7 Å². The highest BCUT2D eigenvalue weighted by Gasteiger charge is 2.41. The van der Waals surface area contributed by atoms with Crippen molar-refractivity contribution in [3.8, 4) is 0 Å². The zero-order valence-corrected chi connectivity index (χ0v) is 8.44. The molecule has 0 aliphatic heterocycles. The first-order chi connectivity index (χ1) is 5.57. The third-order valence-corrected chi connectivity index (χ3v) is 5.36. The third-order valence-electron chi connectivity index (χ3n) is 3.33. The molecule has 2 fully saturated rings. The Morgan fingerprint density at radius 2 is 1.75 bits per heavy atom. The van der Waals surface area contributed by atoms with Crippen LogP contribution in [0.3, 0.4) is 0 Å². The van der Waals surface area contributed by atoms with Gasteiger partial charge in [-0.15, -0.1) is 0 Å². The number of fused-ring (bicyclic) bond motifs is 2. The summed E-state index contributed by atoms with van der Waals surface area (Å²) in [4.78, 5) is 0. The summed E-state index contributed by atoms with van der Waals surface area (Å²) in [6.45, 7) is 0. The molecule has 2 saturated carbocycles. The van der Waals surface area contributed by atoms with Gasteiger partial charge in [0.15, 0.2) is 0 Å². The Hall–Kier alpha value is 0.240. The zero-order chi connectivity index (χ0) is 8.77. The van der Waals surface area contributed by atoms with E-state index >= 15 is 0 Å². The van der Waals surface area contributed by atoms with E-state index in [1.807, 2.05) is 0 Å². The predicted octanol–water partition coefficient (Wildman–Crippen LogP) is 2.13. The van der Waals surface area contributed by atoms with Crippen LogP contribution in [-0.2, 0) is 9.05 Å². The zero-order valence-electron chi connectivity index (χ0n) is 6.87. The minimum Gasteiger partial charge on any atom is -0.212 e. The molecule has 2 rings (SSSR count). The van der Waals surface area contributed by atoms with Crippen LogP contribution in [0.4, 0.5) is 0 Å². The van der Waals surface area contributed by atoms with E-state index in [4.69, 9.17) is 10.7 Å². The molecule has 0 aromatic carbocycles. The molecule has 4 heteroatoms. The molecule has 2 aliphatic rings. The van der Waals surface area contributed by atoms with E-state index in [0.717, 1.165) is 31.6 Å². The molecule has 0 unspecified atom stereocenters. The van der Waals surface area contributed by atoms with Crippen molar-refractivity contribution in [2.24, 2.45) is 11.8 Å². The molecule has 0 aromatic rings. The van der Waals surface area contributed by atoms with Crippen LogP contribution in [0.2, 0.25) is 0 Å². The Balaban J connectivity index is 2.18. The minimum absolute atomic E-state index is 0.238. The molecule has 2 aliphatic carbocycles. The number of hydrogen-bond donors (Lipinski definition) is 0. The van der Waals surface area contributed by atoms with E-state index in [2.05, 4.69) is 0 Å². The Labute approximate surface area is 77.7 Å². The number of halogens is 1. The Morgan fingerprint density at radius 1 is 1.08 bits per heavy atom. The summed E-state index contributed by atoms with van der Waals surface area (Å²) < 4.78 is 22.3. The highest BCUT2D eigenvalue weighted by Crippen LogP contribution is 2.45. The van der Waals surface area contributed by atoms with Crippen molar-refractivity contribution in [1.29, 1.82) is 0 Å². The molecule has 0 heterocycles. The van der Waals surface area contributed by atoms with Crippen LogP contribution in [0.5, 0.6) is 0 Å². The molecule has 3 atom stereocenters. The quantitative estimate of drug-likeness (QED) is 0.619. The number of hydrogen-bond acceptors (Lipinski definition) is 2. The van der Waals surface area contributed by atoms with E-state index < -0.39 is 9.05 Å². The standard InChI is InChI=1S/C8H13ClO2S/c9-12(10,11)8-4-2-6-1-3-7(8)5-6/h6-8H,1-5H2/t6-,7-,8-/m1/s1. The second-order valence-electron chi connectivity index (χ2n) is 4.03. The van der Waals surface area contributed by atoms with Crippen molar-refractivity contribution >= 4 is 19.7 Å². The van der Waals surface area contributed by atoms with Crippen molar-refractivity contribution in [2.45, 2.75) is 37.4 Å². The fourth-order valence-corrected chi connectivity index (χ4v) is 4.55. The molecule has 0 spiro atoms.